The van der Waals surface area contributed by atoms with Crippen LogP contribution < -0.4 is 21.5 Å². The molecular formula is C13H22N4O4P-. The number of nitrogens with two attached hydrogens (primary N) is 1. The summed E-state index contributed by atoms with van der Waals surface area (Å²) in [6, 6.07) is 3.26. The molecule has 22 heavy (non-hydrogen) atoms. The van der Waals surface area contributed by atoms with E-state index in [4.69, 9.17) is 5.84 Å². The summed E-state index contributed by atoms with van der Waals surface area (Å²) in [7, 11) is -3.61. The van der Waals surface area contributed by atoms with Crippen LogP contribution in [0, 0.1) is 0 Å². The summed E-state index contributed by atoms with van der Waals surface area (Å²) in [5.41, 5.74) is 2.86. The molecule has 0 radical (unpaired) electrons. The number of hydrogen-bond acceptors (Lipinski definition) is 7. The largest absolute Gasteiger partial charge is 0.779 e. The molecule has 1 rings (SSSR count). The van der Waals surface area contributed by atoms with Crippen LogP contribution in [0.3, 0.4) is 0 Å². The number of amides is 1. The molecule has 1 atom stereocenters. The standard InChI is InChI=1S/C13H23N4O4P/c1-22(19,20)21-9-5-3-2-4-8-15-13(18)11-6-7-12(17-14)16-10-11/h6-7,10H,2-5,8-9,14H2,1H3,(H,15,18)(H,16,17)(H,19,20)/p-1. The van der Waals surface area contributed by atoms with E-state index in [-0.39, 0.29) is 12.5 Å². The second kappa shape index (κ2) is 9.53. The van der Waals surface area contributed by atoms with E-state index >= 15 is 0 Å². The average Bonchev–Trinajstić information content (AvgIpc) is 2.48. The van der Waals surface area contributed by atoms with Gasteiger partial charge >= 0.3 is 0 Å². The van der Waals surface area contributed by atoms with E-state index in [0.29, 0.717) is 24.3 Å². The first-order chi connectivity index (χ1) is 10.4. The van der Waals surface area contributed by atoms with Gasteiger partial charge in [-0.2, -0.15) is 0 Å². The first-order valence-electron chi connectivity index (χ1n) is 7.06. The van der Waals surface area contributed by atoms with E-state index in [0.717, 1.165) is 25.9 Å². The molecule has 0 spiro atoms. The van der Waals surface area contributed by atoms with Gasteiger partial charge in [-0.3, -0.25) is 4.79 Å². The average molecular weight is 329 g/mol. The van der Waals surface area contributed by atoms with Crippen molar-refractivity contribution in [2.75, 3.05) is 25.2 Å². The van der Waals surface area contributed by atoms with Crippen molar-refractivity contribution in [1.29, 1.82) is 0 Å². The monoisotopic (exact) mass is 329 g/mol. The van der Waals surface area contributed by atoms with Gasteiger partial charge in [0.15, 0.2) is 0 Å². The van der Waals surface area contributed by atoms with E-state index in [2.05, 4.69) is 20.3 Å². The maximum Gasteiger partial charge on any atom is 0.252 e. The SMILES string of the molecule is CP(=O)([O-])OCCCCCCNC(=O)c1ccc(NN)nc1. The summed E-state index contributed by atoms with van der Waals surface area (Å²) >= 11 is 0. The van der Waals surface area contributed by atoms with E-state index in [1.807, 2.05) is 0 Å². The first-order valence-corrected chi connectivity index (χ1v) is 9.05. The number of carbonyl (C=O) groups excluding carboxylic acids is 1. The van der Waals surface area contributed by atoms with E-state index in [9.17, 15) is 14.3 Å². The molecule has 1 aromatic heterocycles. The highest BCUT2D eigenvalue weighted by Gasteiger charge is 2.05. The number of unbranched alkanes of at least 4 members (excludes halogenated alkanes) is 3. The van der Waals surface area contributed by atoms with Gasteiger partial charge in [0.25, 0.3) is 5.91 Å². The van der Waals surface area contributed by atoms with Crippen LogP contribution in [0.25, 0.3) is 0 Å². The van der Waals surface area contributed by atoms with Crippen molar-refractivity contribution in [2.45, 2.75) is 25.7 Å². The predicted octanol–water partition coefficient (Wildman–Crippen LogP) is 0.857. The predicted molar refractivity (Wildman–Crippen MR) is 82.3 cm³/mol. The third kappa shape index (κ3) is 8.09. The number of carbonyl (C=O) groups is 1. The second-order valence-corrected chi connectivity index (χ2v) is 6.65. The number of hydrazine groups is 1. The number of nitrogens with zero attached hydrogens (tertiary/aromatic N) is 1. The number of anilines is 1. The number of nitrogens with one attached hydrogen (secondary N) is 2. The number of aromatic nitrogens is 1. The van der Waals surface area contributed by atoms with E-state index in [1.165, 1.54) is 6.20 Å². The zero-order valence-electron chi connectivity index (χ0n) is 12.6. The fourth-order valence-corrected chi connectivity index (χ4v) is 2.19. The molecule has 1 unspecified atom stereocenters. The number of nitrogen functional groups attached to an aromatic ring is 1. The van der Waals surface area contributed by atoms with Crippen molar-refractivity contribution in [1.82, 2.24) is 10.3 Å². The summed E-state index contributed by atoms with van der Waals surface area (Å²) in [6.45, 7) is 1.84. The smallest absolute Gasteiger partial charge is 0.252 e. The van der Waals surface area contributed by atoms with Crippen LogP contribution in [-0.2, 0) is 9.09 Å². The molecule has 0 aliphatic carbocycles. The first kappa shape index (κ1) is 18.6. The topological polar surface area (TPSA) is 129 Å². The summed E-state index contributed by atoms with van der Waals surface area (Å²) in [5.74, 6) is 5.50. The number of hydrogen-bond donors (Lipinski definition) is 3. The fraction of sp³-hybridized carbons (Fsp3) is 0.538. The normalized spacial score (nSPS) is 13.4. The molecule has 4 N–H and O–H groups in total. The van der Waals surface area contributed by atoms with Crippen LogP contribution >= 0.6 is 7.60 Å². The molecule has 0 saturated carbocycles. The Labute approximate surface area is 130 Å². The van der Waals surface area contributed by atoms with Gasteiger partial charge in [-0.25, -0.2) is 10.8 Å². The lowest BCUT2D eigenvalue weighted by atomic mass is 10.2. The Bertz CT molecular complexity index is 503. The van der Waals surface area contributed by atoms with Crippen molar-refractivity contribution in [3.05, 3.63) is 23.9 Å². The lowest BCUT2D eigenvalue weighted by Gasteiger charge is -2.17. The Kier molecular flexibility index (Phi) is 8.05. The van der Waals surface area contributed by atoms with Gasteiger partial charge in [0.05, 0.1) is 12.2 Å². The molecule has 0 bridgehead atoms. The van der Waals surface area contributed by atoms with Gasteiger partial charge in [0.1, 0.15) is 13.4 Å². The third-order valence-electron chi connectivity index (χ3n) is 2.86. The molecule has 124 valence electrons. The van der Waals surface area contributed by atoms with Crippen molar-refractivity contribution in [3.8, 4) is 0 Å². The molecule has 8 nitrogen and oxygen atoms in total. The Morgan fingerprint density at radius 1 is 1.36 bits per heavy atom. The molecular weight excluding hydrogens is 307 g/mol. The molecule has 1 amide bonds. The molecule has 1 aromatic rings. The van der Waals surface area contributed by atoms with Crippen LogP contribution in [-0.4, -0.2) is 30.7 Å². The Balaban J connectivity index is 2.09. The van der Waals surface area contributed by atoms with Crippen molar-refractivity contribution < 1.29 is 18.8 Å². The van der Waals surface area contributed by atoms with Crippen molar-refractivity contribution in [2.24, 2.45) is 5.84 Å². The number of pyridine rings is 1. The quantitative estimate of drug-likeness (QED) is 0.251. The molecule has 0 saturated heterocycles. The van der Waals surface area contributed by atoms with Crippen LogP contribution in [0.5, 0.6) is 0 Å². The van der Waals surface area contributed by atoms with E-state index in [1.54, 1.807) is 12.1 Å². The van der Waals surface area contributed by atoms with Gasteiger partial charge in [-0.15, -0.1) is 0 Å². The molecule has 9 heteroatoms. The van der Waals surface area contributed by atoms with Gasteiger partial charge in [-0.05, 0) is 25.0 Å². The van der Waals surface area contributed by atoms with Crippen LogP contribution in [0.2, 0.25) is 0 Å². The molecule has 0 aliphatic rings. The molecule has 0 aliphatic heterocycles. The third-order valence-corrected chi connectivity index (χ3v) is 3.51. The summed E-state index contributed by atoms with van der Waals surface area (Å²) < 4.78 is 15.4. The van der Waals surface area contributed by atoms with Crippen LogP contribution in [0.4, 0.5) is 5.82 Å². The minimum atomic E-state index is -3.61. The summed E-state index contributed by atoms with van der Waals surface area (Å²) in [5, 5.41) is 2.80. The zero-order valence-corrected chi connectivity index (χ0v) is 13.5. The van der Waals surface area contributed by atoms with Gasteiger partial charge in [0.2, 0.25) is 0 Å². The minimum Gasteiger partial charge on any atom is -0.779 e. The highest BCUT2D eigenvalue weighted by atomic mass is 31.2. The van der Waals surface area contributed by atoms with Crippen molar-refractivity contribution >= 4 is 19.3 Å². The highest BCUT2D eigenvalue weighted by molar-refractivity contribution is 7.50. The number of rotatable bonds is 10. The molecule has 0 fully saturated rings. The second-order valence-electron chi connectivity index (χ2n) is 4.85. The van der Waals surface area contributed by atoms with E-state index < -0.39 is 7.60 Å². The molecule has 1 heterocycles. The zero-order chi connectivity index (χ0) is 16.4. The Morgan fingerprint density at radius 3 is 2.68 bits per heavy atom. The van der Waals surface area contributed by atoms with Gasteiger partial charge in [0, 0.05) is 19.4 Å². The maximum absolute atomic E-state index is 11.8. The minimum absolute atomic E-state index is 0.183. The van der Waals surface area contributed by atoms with Crippen LogP contribution in [0.1, 0.15) is 36.0 Å². The Hall–Kier alpha value is -1.47. The lowest BCUT2D eigenvalue weighted by molar-refractivity contribution is -0.196. The van der Waals surface area contributed by atoms with Gasteiger partial charge < -0.3 is 24.7 Å². The molecule has 0 aromatic carbocycles. The summed E-state index contributed by atoms with van der Waals surface area (Å²) in [6.07, 6.45) is 4.71. The fourth-order valence-electron chi connectivity index (χ4n) is 1.73. The lowest BCUT2D eigenvalue weighted by Crippen LogP contribution is -2.24. The summed E-state index contributed by atoms with van der Waals surface area (Å²) in [4.78, 5) is 26.5. The maximum atomic E-state index is 11.8. The highest BCUT2D eigenvalue weighted by Crippen LogP contribution is 2.30. The van der Waals surface area contributed by atoms with Crippen LogP contribution in [0.15, 0.2) is 18.3 Å². The van der Waals surface area contributed by atoms with Crippen molar-refractivity contribution in [3.63, 3.8) is 0 Å². The Morgan fingerprint density at radius 2 is 2.09 bits per heavy atom. The van der Waals surface area contributed by atoms with Gasteiger partial charge in [-0.1, -0.05) is 12.8 Å².